The first-order valence-corrected chi connectivity index (χ1v) is 10.8. The average Bonchev–Trinajstić information content (AvgIpc) is 3.27. The number of hydrogen-bond donors (Lipinski definition) is 0. The van der Waals surface area contributed by atoms with Crippen LogP contribution in [0.15, 0.2) is 85.3 Å². The summed E-state index contributed by atoms with van der Waals surface area (Å²) in [5.41, 5.74) is 2.96. The zero-order chi connectivity index (χ0) is 23.4. The molecule has 0 aliphatic rings. The molecule has 1 heterocycles. The largest absolute Gasteiger partial charge is 0.492 e. The molecule has 6 heteroatoms. The molecule has 0 saturated heterocycles. The van der Waals surface area contributed by atoms with Crippen LogP contribution in [0.25, 0.3) is 22.4 Å². The van der Waals surface area contributed by atoms with Crippen molar-refractivity contribution < 1.29 is 17.9 Å². The second kappa shape index (κ2) is 9.53. The van der Waals surface area contributed by atoms with E-state index in [-0.39, 0.29) is 24.8 Å². The summed E-state index contributed by atoms with van der Waals surface area (Å²) in [5, 5.41) is 0. The van der Waals surface area contributed by atoms with Crippen molar-refractivity contribution in [3.05, 3.63) is 96.4 Å². The molecule has 0 fully saturated rings. The van der Waals surface area contributed by atoms with E-state index in [4.69, 9.17) is 4.74 Å². The number of nitrogens with zero attached hydrogens (tertiary/aromatic N) is 2. The Morgan fingerprint density at radius 1 is 0.879 bits per heavy atom. The van der Waals surface area contributed by atoms with Crippen LogP contribution in [-0.4, -0.2) is 16.2 Å². The summed E-state index contributed by atoms with van der Waals surface area (Å²) in [6.07, 6.45) is -1.04. The maximum atomic E-state index is 14.0. The molecule has 4 aromatic rings. The number of aromatic nitrogens is 2. The van der Waals surface area contributed by atoms with E-state index in [1.807, 2.05) is 80.7 Å². The molecule has 0 bridgehead atoms. The van der Waals surface area contributed by atoms with Crippen molar-refractivity contribution >= 4 is 0 Å². The Morgan fingerprint density at radius 3 is 2.12 bits per heavy atom. The molecule has 0 aliphatic heterocycles. The molecule has 4 rings (SSSR count). The Hall–Kier alpha value is -3.54. The topological polar surface area (TPSA) is 27.1 Å². The SMILES string of the molecule is CC(C)COc1c(C(F)(F)F)ccc(-c2ccccc2)c1Cn1cnc(-c2ccccc2)c1. The molecular formula is C27H25F3N2O. The van der Waals surface area contributed by atoms with E-state index in [1.54, 1.807) is 10.9 Å². The highest BCUT2D eigenvalue weighted by Gasteiger charge is 2.36. The highest BCUT2D eigenvalue weighted by Crippen LogP contribution is 2.42. The number of benzene rings is 3. The second-order valence-corrected chi connectivity index (χ2v) is 8.33. The summed E-state index contributed by atoms with van der Waals surface area (Å²) in [6, 6.07) is 21.7. The van der Waals surface area contributed by atoms with Gasteiger partial charge in [0.05, 0.1) is 30.7 Å². The van der Waals surface area contributed by atoms with Crippen molar-refractivity contribution in [1.82, 2.24) is 9.55 Å². The highest BCUT2D eigenvalue weighted by atomic mass is 19.4. The molecule has 0 amide bonds. The lowest BCUT2D eigenvalue weighted by Crippen LogP contribution is -2.15. The van der Waals surface area contributed by atoms with Crippen molar-refractivity contribution in [3.8, 4) is 28.1 Å². The van der Waals surface area contributed by atoms with E-state index in [0.717, 1.165) is 22.9 Å². The maximum absolute atomic E-state index is 14.0. The zero-order valence-corrected chi connectivity index (χ0v) is 18.5. The van der Waals surface area contributed by atoms with Gasteiger partial charge in [0, 0.05) is 17.3 Å². The summed E-state index contributed by atoms with van der Waals surface area (Å²) in [7, 11) is 0. The first-order valence-electron chi connectivity index (χ1n) is 10.8. The monoisotopic (exact) mass is 450 g/mol. The van der Waals surface area contributed by atoms with Gasteiger partial charge in [-0.2, -0.15) is 13.2 Å². The molecule has 0 atom stereocenters. The van der Waals surface area contributed by atoms with E-state index in [2.05, 4.69) is 4.98 Å². The minimum atomic E-state index is -4.53. The van der Waals surface area contributed by atoms with Crippen LogP contribution in [-0.2, 0) is 12.7 Å². The van der Waals surface area contributed by atoms with Gasteiger partial charge in [-0.1, -0.05) is 80.6 Å². The summed E-state index contributed by atoms with van der Waals surface area (Å²) >= 11 is 0. The summed E-state index contributed by atoms with van der Waals surface area (Å²) in [5.74, 6) is -0.0373. The van der Waals surface area contributed by atoms with Gasteiger partial charge in [-0.3, -0.25) is 0 Å². The van der Waals surface area contributed by atoms with Gasteiger partial charge in [0.15, 0.2) is 0 Å². The minimum Gasteiger partial charge on any atom is -0.492 e. The van der Waals surface area contributed by atoms with Gasteiger partial charge in [0.2, 0.25) is 0 Å². The Bertz CT molecular complexity index is 1200. The fraction of sp³-hybridized carbons (Fsp3) is 0.222. The van der Waals surface area contributed by atoms with Crippen LogP contribution in [0.4, 0.5) is 13.2 Å². The van der Waals surface area contributed by atoms with Gasteiger partial charge in [0.25, 0.3) is 0 Å². The van der Waals surface area contributed by atoms with Gasteiger partial charge in [-0.05, 0) is 23.1 Å². The van der Waals surface area contributed by atoms with Crippen molar-refractivity contribution in [2.75, 3.05) is 6.61 Å². The van der Waals surface area contributed by atoms with Gasteiger partial charge < -0.3 is 9.30 Å². The number of ether oxygens (including phenoxy) is 1. The van der Waals surface area contributed by atoms with Crippen LogP contribution in [0, 0.1) is 5.92 Å². The van der Waals surface area contributed by atoms with Crippen molar-refractivity contribution in [2.24, 2.45) is 5.92 Å². The van der Waals surface area contributed by atoms with Gasteiger partial charge >= 0.3 is 6.18 Å². The Morgan fingerprint density at radius 2 is 1.52 bits per heavy atom. The third-order valence-corrected chi connectivity index (χ3v) is 5.26. The average molecular weight is 451 g/mol. The normalized spacial score (nSPS) is 11.7. The molecule has 1 aromatic heterocycles. The smallest absolute Gasteiger partial charge is 0.419 e. The predicted molar refractivity (Wildman–Crippen MR) is 124 cm³/mol. The summed E-state index contributed by atoms with van der Waals surface area (Å²) < 4.78 is 49.5. The highest BCUT2D eigenvalue weighted by molar-refractivity contribution is 5.72. The van der Waals surface area contributed by atoms with E-state index in [0.29, 0.717) is 11.1 Å². The predicted octanol–water partition coefficient (Wildman–Crippen LogP) is 7.32. The molecule has 170 valence electrons. The summed E-state index contributed by atoms with van der Waals surface area (Å²) in [6.45, 7) is 4.21. The number of alkyl halides is 3. The molecule has 0 radical (unpaired) electrons. The lowest BCUT2D eigenvalue weighted by molar-refractivity contribution is -0.139. The molecule has 0 spiro atoms. The number of imidazole rings is 1. The Kier molecular flexibility index (Phi) is 6.54. The lowest BCUT2D eigenvalue weighted by Gasteiger charge is -2.22. The number of rotatable bonds is 7. The van der Waals surface area contributed by atoms with Crippen LogP contribution in [0.2, 0.25) is 0 Å². The van der Waals surface area contributed by atoms with Crippen LogP contribution < -0.4 is 4.74 Å². The van der Waals surface area contributed by atoms with Gasteiger partial charge in [-0.25, -0.2) is 4.98 Å². The first-order chi connectivity index (χ1) is 15.8. The first kappa shape index (κ1) is 22.6. The minimum absolute atomic E-state index is 0.0808. The van der Waals surface area contributed by atoms with E-state index >= 15 is 0 Å². The van der Waals surface area contributed by atoms with E-state index in [1.165, 1.54) is 6.07 Å². The van der Waals surface area contributed by atoms with Gasteiger partial charge in [-0.15, -0.1) is 0 Å². The third-order valence-electron chi connectivity index (χ3n) is 5.26. The van der Waals surface area contributed by atoms with Crippen LogP contribution in [0.3, 0.4) is 0 Å². The second-order valence-electron chi connectivity index (χ2n) is 8.33. The third kappa shape index (κ3) is 5.28. The molecule has 0 unspecified atom stereocenters. The fourth-order valence-corrected chi connectivity index (χ4v) is 3.70. The fourth-order valence-electron chi connectivity index (χ4n) is 3.70. The molecule has 0 N–H and O–H groups in total. The standard InChI is InChI=1S/C27H25F3N2O/c1-19(2)17-33-26-23(15-32-16-25(31-18-32)21-11-7-4-8-12-21)22(20-9-5-3-6-10-20)13-14-24(26)27(28,29)30/h3-14,16,18-19H,15,17H2,1-2H3. The molecular weight excluding hydrogens is 425 g/mol. The molecule has 3 nitrogen and oxygen atoms in total. The molecule has 3 aromatic carbocycles. The maximum Gasteiger partial charge on any atom is 0.419 e. The van der Waals surface area contributed by atoms with Crippen molar-refractivity contribution in [2.45, 2.75) is 26.6 Å². The van der Waals surface area contributed by atoms with Crippen molar-refractivity contribution in [1.29, 1.82) is 0 Å². The zero-order valence-electron chi connectivity index (χ0n) is 18.5. The van der Waals surface area contributed by atoms with Crippen LogP contribution >= 0.6 is 0 Å². The summed E-state index contributed by atoms with van der Waals surface area (Å²) in [4.78, 5) is 4.46. The Balaban J connectivity index is 1.83. The van der Waals surface area contributed by atoms with Crippen LogP contribution in [0.5, 0.6) is 5.75 Å². The molecule has 0 aliphatic carbocycles. The number of hydrogen-bond acceptors (Lipinski definition) is 2. The molecule has 33 heavy (non-hydrogen) atoms. The van der Waals surface area contributed by atoms with Gasteiger partial charge in [0.1, 0.15) is 5.75 Å². The van der Waals surface area contributed by atoms with Crippen LogP contribution in [0.1, 0.15) is 25.0 Å². The quantitative estimate of drug-likeness (QED) is 0.295. The van der Waals surface area contributed by atoms with E-state index < -0.39 is 11.7 Å². The van der Waals surface area contributed by atoms with E-state index in [9.17, 15) is 13.2 Å². The Labute approximate surface area is 191 Å². The number of halogens is 3. The molecule has 0 saturated carbocycles. The lowest BCUT2D eigenvalue weighted by atomic mass is 9.95. The van der Waals surface area contributed by atoms with Crippen molar-refractivity contribution in [3.63, 3.8) is 0 Å².